The first-order valence-corrected chi connectivity index (χ1v) is 7.36. The molecule has 1 fully saturated rings. The van der Waals surface area contributed by atoms with E-state index in [0.29, 0.717) is 18.5 Å². The largest absolute Gasteiger partial charge is 0.366 e. The van der Waals surface area contributed by atoms with Crippen LogP contribution in [0.1, 0.15) is 24.5 Å². The van der Waals surface area contributed by atoms with Gasteiger partial charge in [-0.3, -0.25) is 14.8 Å². The van der Waals surface area contributed by atoms with Gasteiger partial charge in [-0.15, -0.1) is 5.10 Å². The lowest BCUT2D eigenvalue weighted by atomic mass is 10.0. The zero-order valence-electron chi connectivity index (χ0n) is 13.0. The van der Waals surface area contributed by atoms with Crippen LogP contribution in [0.25, 0.3) is 0 Å². The van der Waals surface area contributed by atoms with Crippen molar-refractivity contribution in [3.8, 4) is 0 Å². The first-order chi connectivity index (χ1) is 9.97. The van der Waals surface area contributed by atoms with Crippen LogP contribution in [0.5, 0.6) is 0 Å². The van der Waals surface area contributed by atoms with E-state index in [4.69, 9.17) is 5.73 Å². The van der Waals surface area contributed by atoms with Crippen molar-refractivity contribution >= 4 is 11.9 Å². The fourth-order valence-electron chi connectivity index (χ4n) is 2.60. The molecule has 0 spiro atoms. The highest BCUT2D eigenvalue weighted by Crippen LogP contribution is 2.13. The number of aromatic amines is 1. The lowest BCUT2D eigenvalue weighted by Crippen LogP contribution is -2.54. The zero-order valence-corrected chi connectivity index (χ0v) is 13.0. The number of likely N-dealkylation sites (N-methyl/N-ethyl adjacent to an activating group) is 1. The molecule has 4 N–H and O–H groups in total. The Hall–Kier alpha value is -1.67. The number of rotatable bonds is 5. The van der Waals surface area contributed by atoms with Gasteiger partial charge in [-0.05, 0) is 13.0 Å². The average molecular weight is 295 g/mol. The molecule has 1 atom stereocenters. The lowest BCUT2D eigenvalue weighted by molar-refractivity contribution is 0.0786. The smallest absolute Gasteiger partial charge is 0.288 e. The first-order valence-electron chi connectivity index (χ1n) is 7.36. The number of amides is 1. The number of nitrogens with zero attached hydrogens (tertiary/aromatic N) is 4. The van der Waals surface area contributed by atoms with Gasteiger partial charge in [-0.25, -0.2) is 0 Å². The standard InChI is InChI=1S/C13H25N7O/c1-9(2)10(20-6-4-19(3)5-7-20)8-15-12(21)11-16-13(14)18-17-11/h9-10H,4-8H2,1-3H3,(H,15,21)(H3,14,16,17,18). The van der Waals surface area contributed by atoms with Crippen molar-refractivity contribution in [3.63, 3.8) is 0 Å². The van der Waals surface area contributed by atoms with E-state index in [1.54, 1.807) is 0 Å². The molecule has 8 nitrogen and oxygen atoms in total. The van der Waals surface area contributed by atoms with Crippen LogP contribution in [0.15, 0.2) is 0 Å². The molecule has 0 aliphatic carbocycles. The minimum absolute atomic E-state index is 0.0830. The maximum Gasteiger partial charge on any atom is 0.288 e. The third-order valence-corrected chi connectivity index (χ3v) is 3.97. The van der Waals surface area contributed by atoms with Crippen molar-refractivity contribution in [3.05, 3.63) is 5.82 Å². The molecule has 0 bridgehead atoms. The molecule has 1 aliphatic rings. The summed E-state index contributed by atoms with van der Waals surface area (Å²) >= 11 is 0. The van der Waals surface area contributed by atoms with E-state index in [2.05, 4.69) is 51.2 Å². The van der Waals surface area contributed by atoms with Gasteiger partial charge in [0, 0.05) is 38.8 Å². The van der Waals surface area contributed by atoms with Crippen LogP contribution in [-0.4, -0.2) is 76.7 Å². The van der Waals surface area contributed by atoms with E-state index in [-0.39, 0.29) is 17.7 Å². The third kappa shape index (κ3) is 4.15. The monoisotopic (exact) mass is 295 g/mol. The highest BCUT2D eigenvalue weighted by atomic mass is 16.2. The van der Waals surface area contributed by atoms with Crippen molar-refractivity contribution < 1.29 is 4.79 Å². The molecule has 1 aliphatic heterocycles. The van der Waals surface area contributed by atoms with Crippen molar-refractivity contribution in [1.29, 1.82) is 0 Å². The van der Waals surface area contributed by atoms with E-state index in [9.17, 15) is 4.79 Å². The summed E-state index contributed by atoms with van der Waals surface area (Å²) in [5.41, 5.74) is 5.40. The Balaban J connectivity index is 1.89. The average Bonchev–Trinajstić information content (AvgIpc) is 2.87. The molecule has 1 amide bonds. The van der Waals surface area contributed by atoms with E-state index in [1.807, 2.05) is 0 Å². The van der Waals surface area contributed by atoms with Gasteiger partial charge in [0.2, 0.25) is 11.8 Å². The van der Waals surface area contributed by atoms with Crippen LogP contribution in [0.4, 0.5) is 5.95 Å². The fourth-order valence-corrected chi connectivity index (χ4v) is 2.60. The molecule has 1 saturated heterocycles. The Labute approximate surface area is 125 Å². The number of H-pyrrole nitrogens is 1. The maximum absolute atomic E-state index is 12.0. The van der Waals surface area contributed by atoms with E-state index < -0.39 is 0 Å². The highest BCUT2D eigenvalue weighted by Gasteiger charge is 2.25. The molecule has 8 heteroatoms. The number of hydrogen-bond acceptors (Lipinski definition) is 6. The Kier molecular flexibility index (Phi) is 5.13. The van der Waals surface area contributed by atoms with Crippen LogP contribution < -0.4 is 11.1 Å². The minimum Gasteiger partial charge on any atom is -0.366 e. The summed E-state index contributed by atoms with van der Waals surface area (Å²) in [5.74, 6) is 0.445. The predicted octanol–water partition coefficient (Wildman–Crippen LogP) is -0.611. The quantitative estimate of drug-likeness (QED) is 0.669. The zero-order chi connectivity index (χ0) is 15.4. The molecule has 1 unspecified atom stereocenters. The molecular formula is C13H25N7O. The second-order valence-electron chi connectivity index (χ2n) is 5.90. The van der Waals surface area contributed by atoms with Crippen molar-refractivity contribution in [1.82, 2.24) is 30.3 Å². The molecule has 0 radical (unpaired) electrons. The second kappa shape index (κ2) is 6.86. The number of hydrogen-bond donors (Lipinski definition) is 3. The number of carbonyl (C=O) groups is 1. The molecule has 21 heavy (non-hydrogen) atoms. The summed E-state index contributed by atoms with van der Waals surface area (Å²) in [6.45, 7) is 9.16. The van der Waals surface area contributed by atoms with Gasteiger partial charge in [-0.2, -0.15) is 4.98 Å². The third-order valence-electron chi connectivity index (χ3n) is 3.97. The fraction of sp³-hybridized carbons (Fsp3) is 0.769. The SMILES string of the molecule is CC(C)C(CNC(=O)c1nc(N)n[nH]1)N1CCN(C)CC1. The summed E-state index contributed by atoms with van der Waals surface area (Å²) < 4.78 is 0. The summed E-state index contributed by atoms with van der Waals surface area (Å²) in [4.78, 5) is 20.6. The van der Waals surface area contributed by atoms with Gasteiger partial charge in [0.05, 0.1) is 0 Å². The number of nitrogens with one attached hydrogen (secondary N) is 2. The van der Waals surface area contributed by atoms with Crippen LogP contribution in [0.3, 0.4) is 0 Å². The van der Waals surface area contributed by atoms with Gasteiger partial charge in [-0.1, -0.05) is 13.8 Å². The van der Waals surface area contributed by atoms with E-state index in [0.717, 1.165) is 26.2 Å². The number of aromatic nitrogens is 3. The number of nitrogens with two attached hydrogens (primary N) is 1. The normalized spacial score (nSPS) is 18.9. The molecule has 1 aromatic heterocycles. The molecule has 2 rings (SSSR count). The molecule has 0 saturated carbocycles. The Morgan fingerprint density at radius 2 is 2.05 bits per heavy atom. The molecule has 2 heterocycles. The van der Waals surface area contributed by atoms with Crippen LogP contribution in [0, 0.1) is 5.92 Å². The molecule has 0 aromatic carbocycles. The Bertz CT molecular complexity index is 465. The van der Waals surface area contributed by atoms with Gasteiger partial charge in [0.25, 0.3) is 5.91 Å². The van der Waals surface area contributed by atoms with Gasteiger partial charge in [0.15, 0.2) is 0 Å². The molecule has 118 valence electrons. The van der Waals surface area contributed by atoms with E-state index in [1.165, 1.54) is 0 Å². The van der Waals surface area contributed by atoms with Gasteiger partial charge in [0.1, 0.15) is 0 Å². The van der Waals surface area contributed by atoms with Crippen LogP contribution >= 0.6 is 0 Å². The second-order valence-corrected chi connectivity index (χ2v) is 5.90. The number of anilines is 1. The van der Waals surface area contributed by atoms with Crippen LogP contribution in [-0.2, 0) is 0 Å². The number of carbonyl (C=O) groups excluding carboxylic acids is 1. The van der Waals surface area contributed by atoms with E-state index >= 15 is 0 Å². The number of piperazine rings is 1. The first kappa shape index (κ1) is 15.7. The summed E-state index contributed by atoms with van der Waals surface area (Å²) in [6.07, 6.45) is 0. The van der Waals surface area contributed by atoms with Crippen LogP contribution in [0.2, 0.25) is 0 Å². The summed E-state index contributed by atoms with van der Waals surface area (Å²) in [5, 5.41) is 9.11. The highest BCUT2D eigenvalue weighted by molar-refractivity contribution is 5.90. The van der Waals surface area contributed by atoms with Crippen molar-refractivity contribution in [2.75, 3.05) is 45.5 Å². The maximum atomic E-state index is 12.0. The molecule has 1 aromatic rings. The minimum atomic E-state index is -0.265. The molecular weight excluding hydrogens is 270 g/mol. The summed E-state index contributed by atoms with van der Waals surface area (Å²) in [6, 6.07) is 0.322. The predicted molar refractivity (Wildman–Crippen MR) is 80.8 cm³/mol. The number of nitrogen functional groups attached to an aromatic ring is 1. The van der Waals surface area contributed by atoms with Gasteiger partial charge >= 0.3 is 0 Å². The van der Waals surface area contributed by atoms with Crippen molar-refractivity contribution in [2.24, 2.45) is 5.92 Å². The topological polar surface area (TPSA) is 103 Å². The Morgan fingerprint density at radius 3 is 2.57 bits per heavy atom. The summed E-state index contributed by atoms with van der Waals surface area (Å²) in [7, 11) is 2.14. The Morgan fingerprint density at radius 1 is 1.38 bits per heavy atom. The van der Waals surface area contributed by atoms with Crippen molar-refractivity contribution in [2.45, 2.75) is 19.9 Å². The van der Waals surface area contributed by atoms with Gasteiger partial charge < -0.3 is 16.0 Å². The lowest BCUT2D eigenvalue weighted by Gasteiger charge is -2.39.